The van der Waals surface area contributed by atoms with Crippen molar-refractivity contribution >= 4 is 17.8 Å². The Hall–Kier alpha value is -4.39. The Bertz CT molecular complexity index is 1320. The zero-order valence-electron chi connectivity index (χ0n) is 20.6. The molecule has 36 heavy (non-hydrogen) atoms. The lowest BCUT2D eigenvalue weighted by Crippen LogP contribution is -2.44. The summed E-state index contributed by atoms with van der Waals surface area (Å²) in [5.74, 6) is -0.438. The molecule has 2 amide bonds. The number of hydrogen-bond acceptors (Lipinski definition) is 4. The number of hydrogen-bond donors (Lipinski definition) is 2. The van der Waals surface area contributed by atoms with E-state index in [9.17, 15) is 14.7 Å². The quantitative estimate of drug-likeness (QED) is 0.360. The molecule has 0 saturated heterocycles. The van der Waals surface area contributed by atoms with Crippen molar-refractivity contribution in [2.24, 2.45) is 0 Å². The van der Waals surface area contributed by atoms with E-state index in [1.54, 1.807) is 36.1 Å². The normalized spacial score (nSPS) is 11.8. The average molecular weight is 483 g/mol. The predicted molar refractivity (Wildman–Crippen MR) is 141 cm³/mol. The van der Waals surface area contributed by atoms with Gasteiger partial charge in [-0.3, -0.25) is 19.5 Å². The van der Waals surface area contributed by atoms with Gasteiger partial charge in [0.1, 0.15) is 12.3 Å². The van der Waals surface area contributed by atoms with Crippen molar-refractivity contribution in [3.63, 3.8) is 0 Å². The average Bonchev–Trinajstić information content (AvgIpc) is 3.31. The molecule has 0 aliphatic rings. The van der Waals surface area contributed by atoms with Gasteiger partial charge in [-0.25, -0.2) is 4.98 Å². The summed E-state index contributed by atoms with van der Waals surface area (Å²) in [4.78, 5) is 32.7. The van der Waals surface area contributed by atoms with Gasteiger partial charge in [-0.2, -0.15) is 0 Å². The Kier molecular flexibility index (Phi) is 7.49. The lowest BCUT2D eigenvalue weighted by Gasteiger charge is -2.29. The first kappa shape index (κ1) is 24.7. The molecule has 7 nitrogen and oxygen atoms in total. The van der Waals surface area contributed by atoms with Crippen molar-refractivity contribution in [2.75, 3.05) is 11.9 Å². The molecule has 4 rings (SSSR count). The van der Waals surface area contributed by atoms with Crippen LogP contribution in [0.4, 0.5) is 5.95 Å². The number of phenols is 1. The first-order valence-corrected chi connectivity index (χ1v) is 11.9. The summed E-state index contributed by atoms with van der Waals surface area (Å²) in [6, 6.07) is 25.8. The van der Waals surface area contributed by atoms with Gasteiger partial charge in [-0.1, -0.05) is 60.7 Å². The van der Waals surface area contributed by atoms with E-state index in [-0.39, 0.29) is 30.2 Å². The first-order chi connectivity index (χ1) is 17.3. The Balaban J connectivity index is 1.56. The van der Waals surface area contributed by atoms with Gasteiger partial charge in [-0.05, 0) is 50.6 Å². The molecule has 0 aliphatic heterocycles. The van der Waals surface area contributed by atoms with Crippen LogP contribution in [0.3, 0.4) is 0 Å². The molecule has 1 atom stereocenters. The van der Waals surface area contributed by atoms with Gasteiger partial charge in [-0.15, -0.1) is 0 Å². The zero-order chi connectivity index (χ0) is 25.7. The van der Waals surface area contributed by atoms with E-state index in [0.29, 0.717) is 5.95 Å². The minimum Gasteiger partial charge on any atom is -0.508 e. The molecular weight excluding hydrogens is 452 g/mol. The van der Waals surface area contributed by atoms with Gasteiger partial charge in [0.15, 0.2) is 0 Å². The third kappa shape index (κ3) is 5.63. The molecule has 0 bridgehead atoms. The maximum absolute atomic E-state index is 13.3. The van der Waals surface area contributed by atoms with E-state index in [0.717, 1.165) is 22.5 Å². The van der Waals surface area contributed by atoms with Crippen molar-refractivity contribution in [1.82, 2.24) is 14.5 Å². The van der Waals surface area contributed by atoms with Crippen LogP contribution >= 0.6 is 0 Å². The number of para-hydroxylation sites is 1. The van der Waals surface area contributed by atoms with Crippen molar-refractivity contribution in [2.45, 2.75) is 32.7 Å². The number of aromatic hydroxyl groups is 1. The molecule has 4 aromatic rings. The summed E-state index contributed by atoms with van der Waals surface area (Å²) in [5.41, 5.74) is 3.30. The van der Waals surface area contributed by atoms with Crippen LogP contribution in [0.5, 0.6) is 5.75 Å². The molecule has 0 saturated carbocycles. The number of rotatable bonds is 8. The minimum atomic E-state index is -0.461. The highest BCUT2D eigenvalue weighted by atomic mass is 16.3. The SMILES string of the molecule is CC(C(=O)N(CC(=O)Nc1nc(-c2ccccc2)cn1-c1ccccc1)C(C)C)c1ccc(O)cc1. The molecule has 184 valence electrons. The van der Waals surface area contributed by atoms with E-state index in [1.807, 2.05) is 85.3 Å². The maximum Gasteiger partial charge on any atom is 0.246 e. The van der Waals surface area contributed by atoms with Gasteiger partial charge < -0.3 is 10.0 Å². The van der Waals surface area contributed by atoms with Crippen LogP contribution in [0.15, 0.2) is 91.1 Å². The van der Waals surface area contributed by atoms with Gasteiger partial charge >= 0.3 is 0 Å². The first-order valence-electron chi connectivity index (χ1n) is 11.9. The zero-order valence-corrected chi connectivity index (χ0v) is 20.6. The number of carbonyl (C=O) groups is 2. The highest BCUT2D eigenvalue weighted by Crippen LogP contribution is 2.25. The summed E-state index contributed by atoms with van der Waals surface area (Å²) in [5, 5.41) is 12.5. The molecule has 2 N–H and O–H groups in total. The molecule has 1 aromatic heterocycles. The fraction of sp³-hybridized carbons (Fsp3) is 0.207. The van der Waals surface area contributed by atoms with E-state index in [4.69, 9.17) is 0 Å². The van der Waals surface area contributed by atoms with Crippen LogP contribution in [0, 0.1) is 0 Å². The summed E-state index contributed by atoms with van der Waals surface area (Å²) < 4.78 is 1.83. The maximum atomic E-state index is 13.3. The summed E-state index contributed by atoms with van der Waals surface area (Å²) in [6.45, 7) is 5.46. The fourth-order valence-electron chi connectivity index (χ4n) is 3.99. The largest absolute Gasteiger partial charge is 0.508 e. The number of carbonyl (C=O) groups excluding carboxylic acids is 2. The van der Waals surface area contributed by atoms with Crippen molar-refractivity contribution in [3.05, 3.63) is 96.7 Å². The van der Waals surface area contributed by atoms with Crippen molar-refractivity contribution in [3.8, 4) is 22.7 Å². The van der Waals surface area contributed by atoms with Gasteiger partial charge in [0, 0.05) is 23.5 Å². The number of nitrogens with zero attached hydrogens (tertiary/aromatic N) is 3. The third-order valence-electron chi connectivity index (χ3n) is 6.04. The van der Waals surface area contributed by atoms with Crippen LogP contribution < -0.4 is 5.32 Å². The van der Waals surface area contributed by atoms with Gasteiger partial charge in [0.05, 0.1) is 11.6 Å². The Morgan fingerprint density at radius 1 is 0.917 bits per heavy atom. The predicted octanol–water partition coefficient (Wildman–Crippen LogP) is 5.22. The van der Waals surface area contributed by atoms with Crippen LogP contribution in [-0.4, -0.2) is 44.0 Å². The molecule has 0 fully saturated rings. The van der Waals surface area contributed by atoms with Crippen LogP contribution in [-0.2, 0) is 9.59 Å². The molecule has 0 aliphatic carbocycles. The third-order valence-corrected chi connectivity index (χ3v) is 6.04. The topological polar surface area (TPSA) is 87.5 Å². The Labute approximate surface area is 211 Å². The lowest BCUT2D eigenvalue weighted by molar-refractivity contribution is -0.137. The summed E-state index contributed by atoms with van der Waals surface area (Å²) in [7, 11) is 0. The highest BCUT2D eigenvalue weighted by molar-refractivity contribution is 5.95. The second kappa shape index (κ2) is 10.9. The van der Waals surface area contributed by atoms with Crippen LogP contribution in [0.2, 0.25) is 0 Å². The molecular formula is C29H30N4O3. The van der Waals surface area contributed by atoms with Crippen molar-refractivity contribution in [1.29, 1.82) is 0 Å². The molecule has 3 aromatic carbocycles. The highest BCUT2D eigenvalue weighted by Gasteiger charge is 2.26. The Morgan fingerprint density at radius 2 is 1.53 bits per heavy atom. The molecule has 1 unspecified atom stereocenters. The number of benzene rings is 3. The monoisotopic (exact) mass is 482 g/mol. The number of amides is 2. The summed E-state index contributed by atoms with van der Waals surface area (Å²) in [6.07, 6.45) is 1.89. The number of nitrogens with one attached hydrogen (secondary N) is 1. The second-order valence-electron chi connectivity index (χ2n) is 8.94. The van der Waals surface area contributed by atoms with Gasteiger partial charge in [0.2, 0.25) is 17.8 Å². The van der Waals surface area contributed by atoms with Gasteiger partial charge in [0.25, 0.3) is 0 Å². The minimum absolute atomic E-state index is 0.110. The molecule has 0 radical (unpaired) electrons. The van der Waals surface area contributed by atoms with Crippen molar-refractivity contribution < 1.29 is 14.7 Å². The smallest absolute Gasteiger partial charge is 0.246 e. The second-order valence-corrected chi connectivity index (χ2v) is 8.94. The standard InChI is InChI=1S/C29H30N4O3/c1-20(2)32(28(36)21(3)22-14-16-25(34)17-15-22)19-27(35)31-29-30-26(23-10-6-4-7-11-23)18-33(29)24-12-8-5-9-13-24/h4-18,20-21,34H,19H2,1-3H3,(H,30,31,35). The number of imidazole rings is 1. The van der Waals surface area contributed by atoms with E-state index in [2.05, 4.69) is 10.3 Å². The van der Waals surface area contributed by atoms with Crippen LogP contribution in [0.1, 0.15) is 32.3 Å². The lowest BCUT2D eigenvalue weighted by atomic mass is 9.99. The van der Waals surface area contributed by atoms with E-state index >= 15 is 0 Å². The number of aromatic nitrogens is 2. The molecule has 7 heteroatoms. The summed E-state index contributed by atoms with van der Waals surface area (Å²) >= 11 is 0. The van der Waals surface area contributed by atoms with E-state index < -0.39 is 5.92 Å². The van der Waals surface area contributed by atoms with Crippen LogP contribution in [0.25, 0.3) is 16.9 Å². The van der Waals surface area contributed by atoms with E-state index in [1.165, 1.54) is 0 Å². The number of anilines is 1. The molecule has 1 heterocycles. The fourth-order valence-corrected chi connectivity index (χ4v) is 3.99. The molecule has 0 spiro atoms. The Morgan fingerprint density at radius 3 is 2.14 bits per heavy atom. The number of phenolic OH excluding ortho intramolecular Hbond substituents is 1.